The Bertz CT molecular complexity index is 291. The summed E-state index contributed by atoms with van der Waals surface area (Å²) in [6.45, 7) is 3.73. The molecule has 1 heterocycles. The highest BCUT2D eigenvalue weighted by atomic mass is 32.1. The number of rotatable bonds is 6. The highest BCUT2D eigenvalue weighted by Gasteiger charge is 2.10. The first-order valence-corrected chi connectivity index (χ1v) is 5.59. The van der Waals surface area contributed by atoms with Gasteiger partial charge in [-0.1, -0.05) is 11.3 Å². The Labute approximate surface area is 94.2 Å². The van der Waals surface area contributed by atoms with Gasteiger partial charge in [-0.2, -0.15) is 0 Å². The van der Waals surface area contributed by atoms with Crippen LogP contribution >= 0.6 is 11.3 Å². The second kappa shape index (κ2) is 6.02. The Hall–Kier alpha value is -0.690. The van der Waals surface area contributed by atoms with Gasteiger partial charge in [0.15, 0.2) is 5.13 Å². The molecule has 86 valence electrons. The lowest BCUT2D eigenvalue weighted by Gasteiger charge is -2.22. The molecule has 1 aromatic heterocycles. The standard InChI is InChI=1S/C9H18N4OS/c1-7(6-14-3)13(2)5-8-4-11-9(12-10)15-8/h4,7H,5-6,10H2,1-3H3,(H,11,12). The molecule has 0 spiro atoms. The Morgan fingerprint density at radius 2 is 2.47 bits per heavy atom. The first-order chi connectivity index (χ1) is 7.17. The van der Waals surface area contributed by atoms with Crippen LogP contribution in [0.4, 0.5) is 5.13 Å². The highest BCUT2D eigenvalue weighted by Crippen LogP contribution is 2.18. The van der Waals surface area contributed by atoms with Gasteiger partial charge in [0.1, 0.15) is 0 Å². The van der Waals surface area contributed by atoms with Crippen molar-refractivity contribution in [3.63, 3.8) is 0 Å². The quantitative estimate of drug-likeness (QED) is 0.561. The molecule has 1 rings (SSSR count). The molecule has 1 aromatic rings. The Morgan fingerprint density at radius 1 is 1.73 bits per heavy atom. The lowest BCUT2D eigenvalue weighted by molar-refractivity contribution is 0.112. The van der Waals surface area contributed by atoms with E-state index < -0.39 is 0 Å². The molecule has 0 saturated carbocycles. The second-order valence-electron chi connectivity index (χ2n) is 3.50. The molecule has 6 heteroatoms. The zero-order valence-corrected chi connectivity index (χ0v) is 10.2. The number of thiazole rings is 1. The van der Waals surface area contributed by atoms with Gasteiger partial charge in [-0.15, -0.1) is 0 Å². The summed E-state index contributed by atoms with van der Waals surface area (Å²) in [5, 5.41) is 0.748. The Morgan fingerprint density at radius 3 is 3.00 bits per heavy atom. The number of nitrogens with one attached hydrogen (secondary N) is 1. The average Bonchev–Trinajstić information content (AvgIpc) is 2.66. The van der Waals surface area contributed by atoms with E-state index >= 15 is 0 Å². The van der Waals surface area contributed by atoms with Gasteiger partial charge < -0.3 is 4.74 Å². The summed E-state index contributed by atoms with van der Waals surface area (Å²) in [5.41, 5.74) is 2.54. The van der Waals surface area contributed by atoms with Crippen LogP contribution in [0, 0.1) is 0 Å². The maximum Gasteiger partial charge on any atom is 0.197 e. The monoisotopic (exact) mass is 230 g/mol. The van der Waals surface area contributed by atoms with E-state index in [1.54, 1.807) is 18.4 Å². The first-order valence-electron chi connectivity index (χ1n) is 4.78. The van der Waals surface area contributed by atoms with E-state index in [1.807, 2.05) is 6.20 Å². The number of hydrogen-bond donors (Lipinski definition) is 2. The predicted molar refractivity (Wildman–Crippen MR) is 62.7 cm³/mol. The zero-order chi connectivity index (χ0) is 11.3. The van der Waals surface area contributed by atoms with Crippen molar-refractivity contribution >= 4 is 16.5 Å². The first kappa shape index (κ1) is 12.4. The topological polar surface area (TPSA) is 63.4 Å². The van der Waals surface area contributed by atoms with Gasteiger partial charge in [-0.05, 0) is 14.0 Å². The number of methoxy groups -OCH3 is 1. The smallest absolute Gasteiger partial charge is 0.197 e. The third-order valence-electron chi connectivity index (χ3n) is 2.24. The van der Waals surface area contributed by atoms with E-state index in [1.165, 1.54) is 4.88 Å². The summed E-state index contributed by atoms with van der Waals surface area (Å²) < 4.78 is 5.10. The van der Waals surface area contributed by atoms with Gasteiger partial charge in [-0.3, -0.25) is 10.3 Å². The van der Waals surface area contributed by atoms with Crippen LogP contribution in [0.1, 0.15) is 11.8 Å². The average molecular weight is 230 g/mol. The largest absolute Gasteiger partial charge is 0.383 e. The van der Waals surface area contributed by atoms with E-state index in [-0.39, 0.29) is 0 Å². The normalized spacial score (nSPS) is 13.1. The molecule has 0 amide bonds. The van der Waals surface area contributed by atoms with Crippen molar-refractivity contribution in [2.45, 2.75) is 19.5 Å². The number of nitrogens with two attached hydrogens (primary N) is 1. The van der Waals surface area contributed by atoms with Gasteiger partial charge in [-0.25, -0.2) is 10.8 Å². The summed E-state index contributed by atoms with van der Waals surface area (Å²) in [6.07, 6.45) is 1.84. The van der Waals surface area contributed by atoms with Gasteiger partial charge >= 0.3 is 0 Å². The van der Waals surface area contributed by atoms with E-state index in [4.69, 9.17) is 10.6 Å². The van der Waals surface area contributed by atoms with E-state index in [9.17, 15) is 0 Å². The van der Waals surface area contributed by atoms with Crippen LogP contribution in [0.3, 0.4) is 0 Å². The Kier molecular flexibility index (Phi) is 4.97. The lowest BCUT2D eigenvalue weighted by Crippen LogP contribution is -2.31. The van der Waals surface area contributed by atoms with Crippen molar-refractivity contribution in [2.24, 2.45) is 5.84 Å². The number of hydrazine groups is 1. The van der Waals surface area contributed by atoms with Crippen LogP contribution < -0.4 is 11.3 Å². The number of anilines is 1. The summed E-state index contributed by atoms with van der Waals surface area (Å²) in [5.74, 6) is 5.27. The van der Waals surface area contributed by atoms with Gasteiger partial charge in [0.05, 0.1) is 6.61 Å². The molecule has 15 heavy (non-hydrogen) atoms. The van der Waals surface area contributed by atoms with Crippen LogP contribution in [0.15, 0.2) is 6.20 Å². The number of nitrogen functional groups attached to an aromatic ring is 1. The summed E-state index contributed by atoms with van der Waals surface area (Å²) >= 11 is 1.57. The predicted octanol–water partition coefficient (Wildman–Crippen LogP) is 0.895. The molecule has 1 atom stereocenters. The van der Waals surface area contributed by atoms with Gasteiger partial charge in [0.2, 0.25) is 0 Å². The molecular formula is C9H18N4OS. The van der Waals surface area contributed by atoms with Gasteiger partial charge in [0, 0.05) is 30.8 Å². The SMILES string of the molecule is COCC(C)N(C)Cc1cnc(NN)s1. The highest BCUT2D eigenvalue weighted by molar-refractivity contribution is 7.15. The van der Waals surface area contributed by atoms with E-state index in [0.29, 0.717) is 6.04 Å². The number of ether oxygens (including phenoxy) is 1. The van der Waals surface area contributed by atoms with Crippen molar-refractivity contribution in [3.05, 3.63) is 11.1 Å². The number of nitrogens with zero attached hydrogens (tertiary/aromatic N) is 2. The van der Waals surface area contributed by atoms with Crippen molar-refractivity contribution < 1.29 is 4.74 Å². The van der Waals surface area contributed by atoms with Crippen LogP contribution in [0.25, 0.3) is 0 Å². The molecular weight excluding hydrogens is 212 g/mol. The summed E-state index contributed by atoms with van der Waals surface area (Å²) in [6, 6.07) is 0.395. The molecule has 0 saturated heterocycles. The maximum absolute atomic E-state index is 5.27. The lowest BCUT2D eigenvalue weighted by atomic mass is 10.3. The van der Waals surface area contributed by atoms with Crippen LogP contribution in [0.5, 0.6) is 0 Å². The fourth-order valence-corrected chi connectivity index (χ4v) is 2.00. The van der Waals surface area contributed by atoms with E-state index in [0.717, 1.165) is 18.3 Å². The molecule has 0 aliphatic heterocycles. The molecule has 0 bridgehead atoms. The van der Waals surface area contributed by atoms with Crippen molar-refractivity contribution in [2.75, 3.05) is 26.2 Å². The molecule has 5 nitrogen and oxygen atoms in total. The Balaban J connectivity index is 2.46. The summed E-state index contributed by atoms with van der Waals surface area (Å²) in [4.78, 5) is 7.53. The van der Waals surface area contributed by atoms with Crippen molar-refractivity contribution in [1.29, 1.82) is 0 Å². The molecule has 0 radical (unpaired) electrons. The van der Waals surface area contributed by atoms with Crippen LogP contribution in [-0.2, 0) is 11.3 Å². The molecule has 0 aliphatic carbocycles. The van der Waals surface area contributed by atoms with Crippen molar-refractivity contribution in [3.8, 4) is 0 Å². The number of hydrogen-bond acceptors (Lipinski definition) is 6. The van der Waals surface area contributed by atoms with Crippen LogP contribution in [0.2, 0.25) is 0 Å². The fraction of sp³-hybridized carbons (Fsp3) is 0.667. The van der Waals surface area contributed by atoms with Crippen LogP contribution in [-0.4, -0.2) is 36.7 Å². The second-order valence-corrected chi connectivity index (χ2v) is 4.61. The van der Waals surface area contributed by atoms with Gasteiger partial charge in [0.25, 0.3) is 0 Å². The molecule has 0 aliphatic rings. The zero-order valence-electron chi connectivity index (χ0n) is 9.36. The summed E-state index contributed by atoms with van der Waals surface area (Å²) in [7, 11) is 3.78. The molecule has 0 aromatic carbocycles. The molecule has 3 N–H and O–H groups in total. The third-order valence-corrected chi connectivity index (χ3v) is 3.16. The minimum absolute atomic E-state index is 0.395. The minimum atomic E-state index is 0.395. The fourth-order valence-electron chi connectivity index (χ4n) is 1.22. The maximum atomic E-state index is 5.27. The molecule has 0 fully saturated rings. The third kappa shape index (κ3) is 3.75. The number of likely N-dealkylation sites (N-methyl/N-ethyl adjacent to an activating group) is 1. The van der Waals surface area contributed by atoms with Crippen molar-refractivity contribution in [1.82, 2.24) is 9.88 Å². The number of aromatic nitrogens is 1. The molecule has 1 unspecified atom stereocenters. The van der Waals surface area contributed by atoms with E-state index in [2.05, 4.69) is 29.3 Å². The minimum Gasteiger partial charge on any atom is -0.383 e.